The molecular formula is C12H28BrN. The topological polar surface area (TPSA) is 0 Å². The van der Waals surface area contributed by atoms with E-state index in [2.05, 4.69) is 0 Å². The molecule has 0 rings (SSSR count). The highest BCUT2D eigenvalue weighted by molar-refractivity contribution is 4.43. The Balaban J connectivity index is 0. The third-order valence-corrected chi connectivity index (χ3v) is 0.894. The summed E-state index contributed by atoms with van der Waals surface area (Å²) < 4.78 is 216. The molecule has 0 aromatic carbocycles. The lowest BCUT2D eigenvalue weighted by Crippen LogP contribution is -3.00. The third-order valence-electron chi connectivity index (χ3n) is 0.894. The molecule has 0 saturated carbocycles. The average Bonchev–Trinajstić information content (AvgIpc) is 2.63. The second-order valence-electron chi connectivity index (χ2n) is 1.62. The zero-order chi connectivity index (χ0) is 34.5. The van der Waals surface area contributed by atoms with Gasteiger partial charge in [0.05, 0.1) is 37.0 Å². The van der Waals surface area contributed by atoms with Crippen LogP contribution >= 0.6 is 0 Å². The fraction of sp³-hybridized carbons (Fsp3) is 1.00. The molecule has 0 N–H and O–H groups in total. The van der Waals surface area contributed by atoms with Crippen molar-refractivity contribution in [2.45, 2.75) is 52.9 Å². The maximum Gasteiger partial charge on any atom is 0.0924 e. The molecule has 0 aromatic rings. The smallest absolute Gasteiger partial charge is 0.0924 e. The lowest BCUT2D eigenvalue weighted by molar-refractivity contribution is -0.928. The Morgan fingerprint density at radius 3 is 1.29 bits per heavy atom. The van der Waals surface area contributed by atoms with Crippen LogP contribution in [-0.4, -0.2) is 30.5 Å². The van der Waals surface area contributed by atoms with Crippen molar-refractivity contribution in [2.75, 3.05) is 26.0 Å². The lowest BCUT2D eigenvalue weighted by Gasteiger charge is -2.38. The van der Waals surface area contributed by atoms with E-state index in [0.29, 0.717) is 0 Å². The first-order chi connectivity index (χ1) is 17.0. The van der Waals surface area contributed by atoms with E-state index in [4.69, 9.17) is 38.4 Å². The largest absolute Gasteiger partial charge is 1.00 e. The van der Waals surface area contributed by atoms with Crippen molar-refractivity contribution in [3.05, 3.63) is 0 Å². The predicted octanol–water partition coefficient (Wildman–Crippen LogP) is 0.447. The Hall–Kier alpha value is 0.440. The fourth-order valence-corrected chi connectivity index (χ4v) is 0.503. The maximum absolute atomic E-state index is 8.44. The monoisotopic (exact) mass is 293 g/mol. The molecular weight excluding hydrogens is 238 g/mol. The van der Waals surface area contributed by atoms with Crippen LogP contribution in [0.5, 0.6) is 0 Å². The van der Waals surface area contributed by atoms with Crippen molar-refractivity contribution in [1.29, 1.82) is 0 Å². The van der Waals surface area contributed by atoms with Crippen LogP contribution in [0.25, 0.3) is 0 Å². The molecule has 0 aliphatic rings. The Bertz CT molecular complexity index is 800. The summed E-state index contributed by atoms with van der Waals surface area (Å²) >= 11 is 0. The molecule has 0 amide bonds. The van der Waals surface area contributed by atoms with Gasteiger partial charge in [-0.2, -0.15) is 0 Å². The number of quaternary nitrogens is 1. The molecule has 0 aliphatic carbocycles. The lowest BCUT2D eigenvalue weighted by atomic mass is 10.2. The van der Waals surface area contributed by atoms with Gasteiger partial charge in [0.2, 0.25) is 0 Å². The quantitative estimate of drug-likeness (QED) is 0.570. The second kappa shape index (κ2) is 9.97. The van der Waals surface area contributed by atoms with E-state index >= 15 is 0 Å². The Morgan fingerprint density at radius 1 is 0.786 bits per heavy atom. The number of halogens is 1. The van der Waals surface area contributed by atoms with Gasteiger partial charge < -0.3 is 21.5 Å². The highest BCUT2D eigenvalue weighted by Crippen LogP contribution is 2.12. The van der Waals surface area contributed by atoms with Crippen LogP contribution in [0.4, 0.5) is 0 Å². The van der Waals surface area contributed by atoms with Crippen molar-refractivity contribution in [2.24, 2.45) is 0 Å². The van der Waals surface area contributed by atoms with Crippen LogP contribution in [0.1, 0.15) is 91.3 Å². The van der Waals surface area contributed by atoms with Gasteiger partial charge in [0.1, 0.15) is 0 Å². The minimum Gasteiger partial charge on any atom is -1.00 e. The SMILES string of the molecule is [2H]C([2H])([2H])C([2H])([2H])C([2H])([2H])[N+](C([2H])([2H])C([2H])([2H])C([2H])([2H])[2H])(C([2H])([2H])C([2H])([2H])C([2H])([2H])[2H])C([2H])([2H])C([2H])([2H])C([2H])([2H])[2H].[Br-]. The summed E-state index contributed by atoms with van der Waals surface area (Å²) in [6.45, 7) is -39.8. The minimum absolute atomic E-state index is 0. The molecule has 0 aromatic heterocycles. The van der Waals surface area contributed by atoms with Gasteiger partial charge in [0.15, 0.2) is 0 Å². The summed E-state index contributed by atoms with van der Waals surface area (Å²) in [6, 6.07) is 0. The zero-order valence-corrected chi connectivity index (χ0v) is 8.41. The predicted molar refractivity (Wildman–Crippen MR) is 60.9 cm³/mol. The molecule has 0 aliphatic heterocycles. The van der Waals surface area contributed by atoms with Crippen LogP contribution in [0, 0.1) is 0 Å². The number of rotatable bonds is 8. The van der Waals surface area contributed by atoms with Gasteiger partial charge in [0.25, 0.3) is 0 Å². The van der Waals surface area contributed by atoms with Gasteiger partial charge in [-0.25, -0.2) is 0 Å². The first-order valence-corrected chi connectivity index (χ1v) is 2.89. The molecule has 0 heterocycles. The minimum atomic E-state index is -5.47. The number of hydrogen-bond donors (Lipinski definition) is 0. The van der Waals surface area contributed by atoms with E-state index in [0.717, 1.165) is 0 Å². The standard InChI is InChI=1S/C12H28N.BrH/c1-5-9-13(10-6-2,11-7-3)12-8-4;/h5-12H2,1-4H3;1H/q+1;/p-1/i1D3,2D3,3D3,4D3,5D2,6D2,7D2,8D2,9D2,10D2,11D2,12D2;. The molecule has 88 valence electrons. The molecule has 14 heavy (non-hydrogen) atoms. The first-order valence-electron chi connectivity index (χ1n) is 16.9. The summed E-state index contributed by atoms with van der Waals surface area (Å²) in [6.07, 6.45) is -19.8. The summed E-state index contributed by atoms with van der Waals surface area (Å²) in [7, 11) is 0. The van der Waals surface area contributed by atoms with Crippen LogP contribution in [0.2, 0.25) is 0 Å². The molecule has 0 saturated heterocycles. The molecule has 0 atom stereocenters. The van der Waals surface area contributed by atoms with Crippen molar-refractivity contribution in [3.8, 4) is 0 Å². The van der Waals surface area contributed by atoms with E-state index in [-0.39, 0.29) is 17.0 Å². The second-order valence-corrected chi connectivity index (χ2v) is 1.62. The summed E-state index contributed by atoms with van der Waals surface area (Å²) in [5, 5.41) is 0. The highest BCUT2D eigenvalue weighted by Gasteiger charge is 2.22. The molecule has 2 heteroatoms. The third kappa shape index (κ3) is 6.02. The Kier molecular flexibility index (Phi) is 1.14. The highest BCUT2D eigenvalue weighted by atomic mass is 79.9. The molecule has 0 fully saturated rings. The first kappa shape index (κ1) is 1.59. The van der Waals surface area contributed by atoms with Crippen LogP contribution in [-0.2, 0) is 0 Å². The maximum atomic E-state index is 8.44. The molecule has 1 nitrogen and oxygen atoms in total. The van der Waals surface area contributed by atoms with E-state index < -0.39 is 83.4 Å². The van der Waals surface area contributed by atoms with Crippen molar-refractivity contribution >= 4 is 0 Å². The van der Waals surface area contributed by atoms with E-state index in [1.54, 1.807) is 0 Å². The molecule has 0 unspecified atom stereocenters. The zero-order valence-electron chi connectivity index (χ0n) is 34.8. The van der Waals surface area contributed by atoms with Crippen LogP contribution in [0.3, 0.4) is 0 Å². The Labute approximate surface area is 141 Å². The van der Waals surface area contributed by atoms with Gasteiger partial charge in [-0.1, -0.05) is 27.4 Å². The summed E-state index contributed by atoms with van der Waals surface area (Å²) in [4.78, 5) is 0. The van der Waals surface area contributed by atoms with Gasteiger partial charge in [-0.3, -0.25) is 0 Å². The molecule has 0 radical (unpaired) electrons. The number of hydrogen-bond acceptors (Lipinski definition) is 0. The normalized spacial score (nSPS) is 52.6. The summed E-state index contributed by atoms with van der Waals surface area (Å²) in [5.74, 6) is 0. The van der Waals surface area contributed by atoms with Crippen molar-refractivity contribution in [3.63, 3.8) is 0 Å². The van der Waals surface area contributed by atoms with Gasteiger partial charge in [-0.15, -0.1) is 0 Å². The summed E-state index contributed by atoms with van der Waals surface area (Å²) in [5.41, 5.74) is 0. The number of nitrogens with zero attached hydrogens (tertiary/aromatic N) is 1. The van der Waals surface area contributed by atoms with Crippen molar-refractivity contribution in [1.82, 2.24) is 0 Å². The van der Waals surface area contributed by atoms with E-state index in [1.165, 1.54) is 0 Å². The van der Waals surface area contributed by atoms with Gasteiger partial charge >= 0.3 is 0 Å². The van der Waals surface area contributed by atoms with Gasteiger partial charge in [-0.05, 0) is 25.5 Å². The van der Waals surface area contributed by atoms with Crippen LogP contribution < -0.4 is 17.0 Å². The van der Waals surface area contributed by atoms with Crippen LogP contribution in [0.15, 0.2) is 0 Å². The average molecular weight is 294 g/mol. The Morgan fingerprint density at radius 2 is 1.07 bits per heavy atom. The van der Waals surface area contributed by atoms with Gasteiger partial charge in [0, 0.05) is 27.4 Å². The van der Waals surface area contributed by atoms with E-state index in [1.807, 2.05) is 0 Å². The molecule has 0 spiro atoms. The van der Waals surface area contributed by atoms with Crippen molar-refractivity contribution < 1.29 is 59.8 Å². The molecule has 0 bridgehead atoms. The fourth-order valence-electron chi connectivity index (χ4n) is 0.503. The van der Waals surface area contributed by atoms with E-state index in [9.17, 15) is 0 Å².